The maximum absolute atomic E-state index is 11.9. The lowest BCUT2D eigenvalue weighted by molar-refractivity contribution is 0.0975. The number of thiophene rings is 1. The number of carbonyl (C=O) groups is 1. The van der Waals surface area contributed by atoms with Crippen molar-refractivity contribution in [3.05, 3.63) is 22.4 Å². The lowest BCUT2D eigenvalue weighted by atomic mass is 9.94. The molecule has 0 amide bonds. The Hall–Kier alpha value is -0.670. The van der Waals surface area contributed by atoms with Gasteiger partial charge in [-0.1, -0.05) is 25.3 Å². The summed E-state index contributed by atoms with van der Waals surface area (Å²) >= 11 is 1.55. The Labute approximate surface area is 114 Å². The van der Waals surface area contributed by atoms with Crippen molar-refractivity contribution < 1.29 is 4.79 Å². The number of hydrogen-bond donors (Lipinski definition) is 0. The number of hydrogen-bond acceptors (Lipinski definition) is 3. The molecule has 0 aromatic carbocycles. The van der Waals surface area contributed by atoms with Crippen molar-refractivity contribution in [3.63, 3.8) is 0 Å². The van der Waals surface area contributed by atoms with Crippen LogP contribution >= 0.6 is 11.3 Å². The largest absolute Gasteiger partial charge is 0.303 e. The number of nitrogens with zero attached hydrogens (tertiary/aromatic N) is 1. The average Bonchev–Trinajstić information content (AvgIpc) is 2.93. The molecule has 0 bridgehead atoms. The maximum atomic E-state index is 11.9. The molecule has 18 heavy (non-hydrogen) atoms. The predicted molar refractivity (Wildman–Crippen MR) is 77.4 cm³/mol. The van der Waals surface area contributed by atoms with Crippen molar-refractivity contribution in [1.82, 2.24) is 4.90 Å². The quantitative estimate of drug-likeness (QED) is 0.725. The van der Waals surface area contributed by atoms with Gasteiger partial charge in [-0.05, 0) is 44.3 Å². The fourth-order valence-electron chi connectivity index (χ4n) is 2.75. The van der Waals surface area contributed by atoms with Gasteiger partial charge in [-0.25, -0.2) is 0 Å². The molecule has 3 heteroatoms. The Morgan fingerprint density at radius 3 is 2.83 bits per heavy atom. The van der Waals surface area contributed by atoms with Gasteiger partial charge >= 0.3 is 0 Å². The number of Topliss-reactive ketones (excluding diaryl/α,β-unsaturated/α-hetero) is 1. The van der Waals surface area contributed by atoms with Crippen molar-refractivity contribution >= 4 is 17.1 Å². The molecule has 0 saturated heterocycles. The van der Waals surface area contributed by atoms with Crippen LogP contribution in [0.4, 0.5) is 0 Å². The van der Waals surface area contributed by atoms with E-state index in [-0.39, 0.29) is 0 Å². The fourth-order valence-corrected chi connectivity index (χ4v) is 3.45. The molecule has 1 aromatic heterocycles. The Balaban J connectivity index is 1.67. The molecule has 0 spiro atoms. The van der Waals surface area contributed by atoms with Crippen LogP contribution in [0.3, 0.4) is 0 Å². The summed E-state index contributed by atoms with van der Waals surface area (Å²) in [5, 5.41) is 1.97. The molecular formula is C15H23NOS. The minimum absolute atomic E-state index is 0.307. The van der Waals surface area contributed by atoms with Crippen molar-refractivity contribution in [2.24, 2.45) is 0 Å². The van der Waals surface area contributed by atoms with E-state index >= 15 is 0 Å². The standard InChI is InChI=1S/C15H23NOS/c1-16(13-7-3-2-4-8-13)11-5-9-14(17)15-10-6-12-18-15/h6,10,12-13H,2-5,7-9,11H2,1H3. The van der Waals surface area contributed by atoms with Crippen LogP contribution in [0.2, 0.25) is 0 Å². The second kappa shape index (κ2) is 7.05. The van der Waals surface area contributed by atoms with Gasteiger partial charge in [-0.3, -0.25) is 4.79 Å². The SMILES string of the molecule is CN(CCCC(=O)c1cccs1)C1CCCCC1. The molecule has 1 aliphatic rings. The van der Waals surface area contributed by atoms with E-state index in [0.717, 1.165) is 23.9 Å². The van der Waals surface area contributed by atoms with E-state index in [2.05, 4.69) is 11.9 Å². The van der Waals surface area contributed by atoms with Crippen molar-refractivity contribution in [2.45, 2.75) is 51.0 Å². The second-order valence-electron chi connectivity index (χ2n) is 5.28. The summed E-state index contributed by atoms with van der Waals surface area (Å²) in [6, 6.07) is 4.64. The zero-order valence-electron chi connectivity index (χ0n) is 11.2. The van der Waals surface area contributed by atoms with Crippen LogP contribution < -0.4 is 0 Å². The van der Waals surface area contributed by atoms with Crippen LogP contribution in [0.25, 0.3) is 0 Å². The summed E-state index contributed by atoms with van der Waals surface area (Å²) in [4.78, 5) is 15.2. The molecule has 0 radical (unpaired) electrons. The highest BCUT2D eigenvalue weighted by Crippen LogP contribution is 2.22. The van der Waals surface area contributed by atoms with E-state index in [4.69, 9.17) is 0 Å². The first-order valence-corrected chi connectivity index (χ1v) is 7.92. The third-order valence-electron chi connectivity index (χ3n) is 3.91. The van der Waals surface area contributed by atoms with Gasteiger partial charge in [0.25, 0.3) is 0 Å². The van der Waals surface area contributed by atoms with Gasteiger partial charge in [0, 0.05) is 12.5 Å². The van der Waals surface area contributed by atoms with E-state index in [1.165, 1.54) is 32.1 Å². The van der Waals surface area contributed by atoms with Gasteiger partial charge in [0.15, 0.2) is 5.78 Å². The highest BCUT2D eigenvalue weighted by molar-refractivity contribution is 7.12. The lowest BCUT2D eigenvalue weighted by Gasteiger charge is -2.31. The molecule has 1 heterocycles. The van der Waals surface area contributed by atoms with Crippen LogP contribution in [0, 0.1) is 0 Å². The van der Waals surface area contributed by atoms with Crippen LogP contribution in [0.15, 0.2) is 17.5 Å². The van der Waals surface area contributed by atoms with E-state index in [1.807, 2.05) is 17.5 Å². The first-order chi connectivity index (χ1) is 8.77. The summed E-state index contributed by atoms with van der Waals surface area (Å²) < 4.78 is 0. The van der Waals surface area contributed by atoms with Crippen molar-refractivity contribution in [3.8, 4) is 0 Å². The van der Waals surface area contributed by atoms with Gasteiger partial charge in [-0.2, -0.15) is 0 Å². The van der Waals surface area contributed by atoms with Gasteiger partial charge in [0.2, 0.25) is 0 Å². The highest BCUT2D eigenvalue weighted by Gasteiger charge is 2.17. The molecule has 0 unspecified atom stereocenters. The summed E-state index contributed by atoms with van der Waals surface area (Å²) in [5.41, 5.74) is 0. The monoisotopic (exact) mass is 265 g/mol. The Morgan fingerprint density at radius 2 is 2.17 bits per heavy atom. The third kappa shape index (κ3) is 3.92. The minimum Gasteiger partial charge on any atom is -0.303 e. The molecule has 0 atom stereocenters. The van der Waals surface area contributed by atoms with Gasteiger partial charge in [0.05, 0.1) is 4.88 Å². The van der Waals surface area contributed by atoms with Crippen molar-refractivity contribution in [1.29, 1.82) is 0 Å². The molecule has 0 N–H and O–H groups in total. The molecule has 0 aliphatic heterocycles. The smallest absolute Gasteiger partial charge is 0.172 e. The first-order valence-electron chi connectivity index (χ1n) is 7.04. The molecule has 1 aliphatic carbocycles. The molecular weight excluding hydrogens is 242 g/mol. The van der Waals surface area contributed by atoms with Gasteiger partial charge < -0.3 is 4.90 Å². The van der Waals surface area contributed by atoms with Crippen LogP contribution in [-0.2, 0) is 0 Å². The van der Waals surface area contributed by atoms with Gasteiger partial charge in [-0.15, -0.1) is 11.3 Å². The van der Waals surface area contributed by atoms with Gasteiger partial charge in [0.1, 0.15) is 0 Å². The molecule has 100 valence electrons. The maximum Gasteiger partial charge on any atom is 0.172 e. The van der Waals surface area contributed by atoms with E-state index < -0.39 is 0 Å². The molecule has 1 aromatic rings. The Kier molecular flexibility index (Phi) is 5.39. The fraction of sp³-hybridized carbons (Fsp3) is 0.667. The van der Waals surface area contributed by atoms with E-state index in [1.54, 1.807) is 11.3 Å². The summed E-state index contributed by atoms with van der Waals surface area (Å²) in [7, 11) is 2.21. The van der Waals surface area contributed by atoms with Crippen molar-refractivity contribution in [2.75, 3.05) is 13.6 Å². The Bertz CT molecular complexity index is 355. The number of carbonyl (C=O) groups excluding carboxylic acids is 1. The predicted octanol–water partition coefficient (Wildman–Crippen LogP) is 3.98. The van der Waals surface area contributed by atoms with E-state index in [9.17, 15) is 4.79 Å². The minimum atomic E-state index is 0.307. The molecule has 2 nitrogen and oxygen atoms in total. The number of ketones is 1. The topological polar surface area (TPSA) is 20.3 Å². The van der Waals surface area contributed by atoms with E-state index in [0.29, 0.717) is 12.2 Å². The normalized spacial score (nSPS) is 17.2. The zero-order chi connectivity index (χ0) is 12.8. The molecule has 2 rings (SSSR count). The molecule has 1 saturated carbocycles. The first kappa shape index (κ1) is 13.8. The third-order valence-corrected chi connectivity index (χ3v) is 4.82. The second-order valence-corrected chi connectivity index (χ2v) is 6.22. The zero-order valence-corrected chi connectivity index (χ0v) is 12.0. The summed E-state index contributed by atoms with van der Waals surface area (Å²) in [6.45, 7) is 1.06. The van der Waals surface area contributed by atoms with Crippen LogP contribution in [0.5, 0.6) is 0 Å². The summed E-state index contributed by atoms with van der Waals surface area (Å²) in [5.74, 6) is 0.307. The lowest BCUT2D eigenvalue weighted by Crippen LogP contribution is -2.34. The highest BCUT2D eigenvalue weighted by atomic mass is 32.1. The van der Waals surface area contributed by atoms with Crippen LogP contribution in [-0.4, -0.2) is 30.3 Å². The average molecular weight is 265 g/mol. The molecule has 1 fully saturated rings. The Morgan fingerprint density at radius 1 is 1.39 bits per heavy atom. The summed E-state index contributed by atoms with van der Waals surface area (Å²) in [6.07, 6.45) is 8.53. The van der Waals surface area contributed by atoms with Crippen LogP contribution in [0.1, 0.15) is 54.6 Å². The number of rotatable bonds is 6.